The van der Waals surface area contributed by atoms with Crippen LogP contribution in [0.4, 0.5) is 0 Å². The van der Waals surface area contributed by atoms with E-state index in [0.29, 0.717) is 0 Å². The van der Waals surface area contributed by atoms with Crippen LogP contribution < -0.4 is 0 Å². The lowest BCUT2D eigenvalue weighted by molar-refractivity contribution is -0.147. The predicted octanol–water partition coefficient (Wildman–Crippen LogP) is 1.97. The van der Waals surface area contributed by atoms with Gasteiger partial charge in [-0.1, -0.05) is 12.8 Å². The summed E-state index contributed by atoms with van der Waals surface area (Å²) in [6, 6.07) is 0. The standard InChI is InChI=1S/C12H21NO2/c1-12(11(14)15)6-7-13(9-12)8-10-4-2-3-5-10/h10H,2-9H2,1H3,(H,14,15). The van der Waals surface area contributed by atoms with Crippen molar-refractivity contribution in [2.45, 2.75) is 39.0 Å². The third-order valence-corrected chi connectivity index (χ3v) is 4.06. The molecular weight excluding hydrogens is 190 g/mol. The Bertz CT molecular complexity index is 248. The van der Waals surface area contributed by atoms with Gasteiger partial charge in [-0.05, 0) is 38.6 Å². The minimum Gasteiger partial charge on any atom is -0.481 e. The maximum atomic E-state index is 11.1. The number of likely N-dealkylation sites (tertiary alicyclic amines) is 1. The van der Waals surface area contributed by atoms with Crippen molar-refractivity contribution in [1.82, 2.24) is 4.90 Å². The smallest absolute Gasteiger partial charge is 0.310 e. The van der Waals surface area contributed by atoms with Gasteiger partial charge in [0.1, 0.15) is 0 Å². The molecule has 0 aromatic heterocycles. The van der Waals surface area contributed by atoms with E-state index in [9.17, 15) is 4.79 Å². The summed E-state index contributed by atoms with van der Waals surface area (Å²) in [6.07, 6.45) is 6.25. The molecule has 2 rings (SSSR count). The van der Waals surface area contributed by atoms with Crippen LogP contribution in [0.25, 0.3) is 0 Å². The van der Waals surface area contributed by atoms with E-state index in [-0.39, 0.29) is 0 Å². The average molecular weight is 211 g/mol. The monoisotopic (exact) mass is 211 g/mol. The number of carboxylic acids is 1. The normalized spacial score (nSPS) is 33.7. The Kier molecular flexibility index (Phi) is 3.01. The van der Waals surface area contributed by atoms with Gasteiger partial charge in [-0.15, -0.1) is 0 Å². The van der Waals surface area contributed by atoms with E-state index in [0.717, 1.165) is 32.0 Å². The molecule has 0 radical (unpaired) electrons. The minimum atomic E-state index is -0.628. The Morgan fingerprint density at radius 1 is 1.47 bits per heavy atom. The number of nitrogens with zero attached hydrogens (tertiary/aromatic N) is 1. The molecule has 1 aliphatic heterocycles. The van der Waals surface area contributed by atoms with Crippen LogP contribution in [-0.2, 0) is 4.79 Å². The van der Waals surface area contributed by atoms with Gasteiger partial charge < -0.3 is 10.0 Å². The molecule has 3 nitrogen and oxygen atoms in total. The Morgan fingerprint density at radius 3 is 2.67 bits per heavy atom. The molecule has 1 atom stereocenters. The molecule has 1 heterocycles. The van der Waals surface area contributed by atoms with E-state index in [1.54, 1.807) is 0 Å². The second-order valence-corrected chi connectivity index (χ2v) is 5.50. The van der Waals surface area contributed by atoms with Gasteiger partial charge in [0.2, 0.25) is 0 Å². The highest BCUT2D eigenvalue weighted by Crippen LogP contribution is 2.33. The van der Waals surface area contributed by atoms with Crippen molar-refractivity contribution in [3.63, 3.8) is 0 Å². The SMILES string of the molecule is CC1(C(=O)O)CCN(CC2CCCC2)C1. The molecule has 0 aromatic carbocycles. The first-order valence-electron chi connectivity index (χ1n) is 6.06. The van der Waals surface area contributed by atoms with Crippen molar-refractivity contribution < 1.29 is 9.90 Å². The fourth-order valence-electron chi connectivity index (χ4n) is 2.94. The zero-order valence-electron chi connectivity index (χ0n) is 9.54. The lowest BCUT2D eigenvalue weighted by Crippen LogP contribution is -2.33. The number of aliphatic carboxylic acids is 1. The number of hydrogen-bond acceptors (Lipinski definition) is 2. The van der Waals surface area contributed by atoms with Gasteiger partial charge in [0.05, 0.1) is 5.41 Å². The molecule has 1 saturated carbocycles. The van der Waals surface area contributed by atoms with Crippen LogP contribution in [0.3, 0.4) is 0 Å². The van der Waals surface area contributed by atoms with Crippen LogP contribution in [0, 0.1) is 11.3 Å². The summed E-state index contributed by atoms with van der Waals surface area (Å²) in [7, 11) is 0. The molecule has 0 aromatic rings. The first kappa shape index (κ1) is 10.9. The lowest BCUT2D eigenvalue weighted by atomic mass is 9.90. The van der Waals surface area contributed by atoms with Crippen molar-refractivity contribution in [3.05, 3.63) is 0 Å². The Hall–Kier alpha value is -0.570. The fourth-order valence-corrected chi connectivity index (χ4v) is 2.94. The number of rotatable bonds is 3. The molecule has 0 spiro atoms. The van der Waals surface area contributed by atoms with E-state index in [4.69, 9.17) is 5.11 Å². The molecule has 1 N–H and O–H groups in total. The average Bonchev–Trinajstić information content (AvgIpc) is 2.77. The number of carbonyl (C=O) groups is 1. The summed E-state index contributed by atoms with van der Waals surface area (Å²) in [4.78, 5) is 13.4. The molecule has 2 aliphatic rings. The van der Waals surface area contributed by atoms with Gasteiger partial charge >= 0.3 is 5.97 Å². The maximum absolute atomic E-state index is 11.1. The lowest BCUT2D eigenvalue weighted by Gasteiger charge is -2.22. The summed E-state index contributed by atoms with van der Waals surface area (Å²) in [5, 5.41) is 9.12. The molecule has 3 heteroatoms. The summed E-state index contributed by atoms with van der Waals surface area (Å²) < 4.78 is 0. The van der Waals surface area contributed by atoms with Gasteiger partial charge in [0.25, 0.3) is 0 Å². The molecule has 86 valence electrons. The molecule has 2 fully saturated rings. The summed E-state index contributed by atoms with van der Waals surface area (Å²) >= 11 is 0. The summed E-state index contributed by atoms with van der Waals surface area (Å²) in [5.74, 6) is 0.206. The van der Waals surface area contributed by atoms with E-state index < -0.39 is 11.4 Å². The van der Waals surface area contributed by atoms with Crippen molar-refractivity contribution in [3.8, 4) is 0 Å². The predicted molar refractivity (Wildman–Crippen MR) is 58.8 cm³/mol. The van der Waals surface area contributed by atoms with Gasteiger partial charge in [-0.25, -0.2) is 0 Å². The molecule has 1 aliphatic carbocycles. The van der Waals surface area contributed by atoms with Crippen molar-refractivity contribution in [2.75, 3.05) is 19.6 Å². The van der Waals surface area contributed by atoms with Gasteiger partial charge in [-0.2, -0.15) is 0 Å². The molecular formula is C12H21NO2. The third-order valence-electron chi connectivity index (χ3n) is 4.06. The van der Waals surface area contributed by atoms with Crippen LogP contribution in [-0.4, -0.2) is 35.6 Å². The minimum absolute atomic E-state index is 0.487. The molecule has 1 unspecified atom stereocenters. The highest BCUT2D eigenvalue weighted by Gasteiger charge is 2.40. The largest absolute Gasteiger partial charge is 0.481 e. The molecule has 1 saturated heterocycles. The fraction of sp³-hybridized carbons (Fsp3) is 0.917. The maximum Gasteiger partial charge on any atom is 0.310 e. The van der Waals surface area contributed by atoms with Crippen LogP contribution in [0.5, 0.6) is 0 Å². The zero-order valence-corrected chi connectivity index (χ0v) is 9.54. The Labute approximate surface area is 91.5 Å². The van der Waals surface area contributed by atoms with E-state index in [1.807, 2.05) is 6.92 Å². The van der Waals surface area contributed by atoms with E-state index >= 15 is 0 Å². The van der Waals surface area contributed by atoms with Crippen LogP contribution >= 0.6 is 0 Å². The summed E-state index contributed by atoms with van der Waals surface area (Å²) in [5.41, 5.74) is -0.487. The first-order chi connectivity index (χ1) is 7.10. The third kappa shape index (κ3) is 2.33. The van der Waals surface area contributed by atoms with E-state index in [2.05, 4.69) is 4.90 Å². The summed E-state index contributed by atoms with van der Waals surface area (Å²) in [6.45, 7) is 4.73. The Morgan fingerprint density at radius 2 is 2.13 bits per heavy atom. The van der Waals surface area contributed by atoms with E-state index in [1.165, 1.54) is 25.7 Å². The van der Waals surface area contributed by atoms with Crippen LogP contribution in [0.15, 0.2) is 0 Å². The van der Waals surface area contributed by atoms with Gasteiger partial charge in [-0.3, -0.25) is 4.79 Å². The van der Waals surface area contributed by atoms with Crippen molar-refractivity contribution in [2.24, 2.45) is 11.3 Å². The molecule has 15 heavy (non-hydrogen) atoms. The van der Waals surface area contributed by atoms with Crippen molar-refractivity contribution in [1.29, 1.82) is 0 Å². The van der Waals surface area contributed by atoms with Crippen molar-refractivity contribution >= 4 is 5.97 Å². The highest BCUT2D eigenvalue weighted by molar-refractivity contribution is 5.74. The second kappa shape index (κ2) is 4.12. The van der Waals surface area contributed by atoms with Gasteiger partial charge in [0.15, 0.2) is 0 Å². The molecule has 0 bridgehead atoms. The first-order valence-corrected chi connectivity index (χ1v) is 6.06. The van der Waals surface area contributed by atoms with Gasteiger partial charge in [0, 0.05) is 13.1 Å². The van der Waals surface area contributed by atoms with Crippen LogP contribution in [0.1, 0.15) is 39.0 Å². The Balaban J connectivity index is 1.84. The highest BCUT2D eigenvalue weighted by atomic mass is 16.4. The molecule has 0 amide bonds. The second-order valence-electron chi connectivity index (χ2n) is 5.50. The number of carboxylic acid groups (broad SMARTS) is 1. The number of hydrogen-bond donors (Lipinski definition) is 1. The quantitative estimate of drug-likeness (QED) is 0.776. The topological polar surface area (TPSA) is 40.5 Å². The van der Waals surface area contributed by atoms with Crippen LogP contribution in [0.2, 0.25) is 0 Å². The zero-order chi connectivity index (χ0) is 10.9.